The third-order valence-electron chi connectivity index (χ3n) is 3.61. The van der Waals surface area contributed by atoms with Crippen LogP contribution in [0.1, 0.15) is 17.7 Å². The number of aryl methyl sites for hydroxylation is 1. The molecule has 2 aromatic rings. The Morgan fingerprint density at radius 1 is 1.41 bits per heavy atom. The summed E-state index contributed by atoms with van der Waals surface area (Å²) >= 11 is 1.48. The minimum absolute atomic E-state index is 0.104. The zero-order valence-electron chi connectivity index (χ0n) is 12.6. The smallest absolute Gasteiger partial charge is 0.255 e. The zero-order valence-corrected chi connectivity index (χ0v) is 13.4. The topological polar surface area (TPSA) is 60.5 Å². The van der Waals surface area contributed by atoms with Crippen LogP contribution in [0.3, 0.4) is 0 Å². The van der Waals surface area contributed by atoms with Crippen molar-refractivity contribution in [2.45, 2.75) is 25.9 Å². The summed E-state index contributed by atoms with van der Waals surface area (Å²) in [5.41, 5.74) is 1.89. The number of benzene rings is 1. The Hall–Kier alpha value is -1.92. The lowest BCUT2D eigenvalue weighted by Gasteiger charge is -2.07. The molecule has 0 bridgehead atoms. The molecule has 5 nitrogen and oxygen atoms in total. The second kappa shape index (κ2) is 6.46. The SMILES string of the molecule is COc1ccc(-c2nc(NC(=O)C3CCCO3)sc2C)cc1. The van der Waals surface area contributed by atoms with E-state index < -0.39 is 0 Å². The highest BCUT2D eigenvalue weighted by Crippen LogP contribution is 2.31. The maximum Gasteiger partial charge on any atom is 0.255 e. The van der Waals surface area contributed by atoms with E-state index >= 15 is 0 Å². The van der Waals surface area contributed by atoms with E-state index in [1.54, 1.807) is 7.11 Å². The number of hydrogen-bond donors (Lipinski definition) is 1. The third-order valence-corrected chi connectivity index (χ3v) is 4.50. The van der Waals surface area contributed by atoms with Crippen molar-refractivity contribution in [2.75, 3.05) is 19.0 Å². The van der Waals surface area contributed by atoms with Crippen LogP contribution >= 0.6 is 11.3 Å². The largest absolute Gasteiger partial charge is 0.497 e. The monoisotopic (exact) mass is 318 g/mol. The fourth-order valence-electron chi connectivity index (χ4n) is 2.44. The van der Waals surface area contributed by atoms with Crippen LogP contribution in [0.4, 0.5) is 5.13 Å². The lowest BCUT2D eigenvalue weighted by atomic mass is 10.1. The number of amides is 1. The number of ether oxygens (including phenoxy) is 2. The molecule has 116 valence electrons. The van der Waals surface area contributed by atoms with Crippen LogP contribution < -0.4 is 10.1 Å². The molecule has 3 rings (SSSR count). The molecule has 2 heterocycles. The molecule has 0 aliphatic carbocycles. The lowest BCUT2D eigenvalue weighted by Crippen LogP contribution is -2.26. The highest BCUT2D eigenvalue weighted by molar-refractivity contribution is 7.16. The fourth-order valence-corrected chi connectivity index (χ4v) is 3.28. The predicted molar refractivity (Wildman–Crippen MR) is 86.4 cm³/mol. The summed E-state index contributed by atoms with van der Waals surface area (Å²) in [5.74, 6) is 0.705. The number of nitrogens with one attached hydrogen (secondary N) is 1. The van der Waals surface area contributed by atoms with Crippen LogP contribution in [-0.4, -0.2) is 30.7 Å². The molecule has 1 amide bonds. The average molecular weight is 318 g/mol. The van der Waals surface area contributed by atoms with Crippen molar-refractivity contribution in [3.05, 3.63) is 29.1 Å². The van der Waals surface area contributed by atoms with Crippen molar-refractivity contribution < 1.29 is 14.3 Å². The minimum atomic E-state index is -0.339. The van der Waals surface area contributed by atoms with Gasteiger partial charge in [-0.3, -0.25) is 10.1 Å². The Kier molecular flexibility index (Phi) is 4.40. The van der Waals surface area contributed by atoms with Gasteiger partial charge in [-0.2, -0.15) is 0 Å². The summed E-state index contributed by atoms with van der Waals surface area (Å²) in [7, 11) is 1.64. The molecule has 1 aliphatic rings. The van der Waals surface area contributed by atoms with E-state index in [1.165, 1.54) is 11.3 Å². The van der Waals surface area contributed by atoms with E-state index in [4.69, 9.17) is 9.47 Å². The highest BCUT2D eigenvalue weighted by Gasteiger charge is 2.24. The zero-order chi connectivity index (χ0) is 15.5. The van der Waals surface area contributed by atoms with Crippen molar-refractivity contribution in [2.24, 2.45) is 0 Å². The molecule has 1 aromatic heterocycles. The summed E-state index contributed by atoms with van der Waals surface area (Å²) in [6.45, 7) is 2.66. The fraction of sp³-hybridized carbons (Fsp3) is 0.375. The van der Waals surface area contributed by atoms with Crippen molar-refractivity contribution in [3.63, 3.8) is 0 Å². The lowest BCUT2D eigenvalue weighted by molar-refractivity contribution is -0.124. The van der Waals surface area contributed by atoms with E-state index in [2.05, 4.69) is 10.3 Å². The van der Waals surface area contributed by atoms with Gasteiger partial charge in [0.25, 0.3) is 5.91 Å². The molecule has 22 heavy (non-hydrogen) atoms. The first kappa shape index (κ1) is 15.0. The first-order chi connectivity index (χ1) is 10.7. The van der Waals surface area contributed by atoms with E-state index in [1.807, 2.05) is 31.2 Å². The molecule has 0 spiro atoms. The van der Waals surface area contributed by atoms with Crippen molar-refractivity contribution in [1.29, 1.82) is 0 Å². The Morgan fingerprint density at radius 2 is 2.18 bits per heavy atom. The van der Waals surface area contributed by atoms with Gasteiger partial charge in [-0.25, -0.2) is 4.98 Å². The van der Waals surface area contributed by atoms with Crippen molar-refractivity contribution in [1.82, 2.24) is 4.98 Å². The van der Waals surface area contributed by atoms with Gasteiger partial charge in [0.2, 0.25) is 0 Å². The third kappa shape index (κ3) is 3.13. The number of methoxy groups -OCH3 is 1. The molecule has 1 unspecified atom stereocenters. The summed E-state index contributed by atoms with van der Waals surface area (Å²) < 4.78 is 10.5. The van der Waals surface area contributed by atoms with Gasteiger partial charge in [0.15, 0.2) is 5.13 Å². The highest BCUT2D eigenvalue weighted by atomic mass is 32.1. The Labute approximate surface area is 133 Å². The van der Waals surface area contributed by atoms with Crippen LogP contribution in [0.2, 0.25) is 0 Å². The van der Waals surface area contributed by atoms with Gasteiger partial charge in [-0.05, 0) is 44.0 Å². The van der Waals surface area contributed by atoms with Crippen LogP contribution in [0.15, 0.2) is 24.3 Å². The minimum Gasteiger partial charge on any atom is -0.497 e. The summed E-state index contributed by atoms with van der Waals surface area (Å²) in [6.07, 6.45) is 1.38. The van der Waals surface area contributed by atoms with Crippen LogP contribution in [0.25, 0.3) is 11.3 Å². The molecule has 6 heteroatoms. The number of anilines is 1. The second-order valence-corrected chi connectivity index (χ2v) is 6.35. The van der Waals surface area contributed by atoms with Crippen LogP contribution in [0, 0.1) is 6.92 Å². The van der Waals surface area contributed by atoms with Crippen LogP contribution in [0.5, 0.6) is 5.75 Å². The normalized spacial score (nSPS) is 17.5. The van der Waals surface area contributed by atoms with Gasteiger partial charge in [-0.1, -0.05) is 0 Å². The molecule has 1 atom stereocenters. The van der Waals surface area contributed by atoms with E-state index in [0.717, 1.165) is 34.7 Å². The first-order valence-electron chi connectivity index (χ1n) is 7.21. The Balaban J connectivity index is 1.76. The number of carbonyl (C=O) groups excluding carboxylic acids is 1. The Morgan fingerprint density at radius 3 is 2.82 bits per heavy atom. The summed E-state index contributed by atoms with van der Waals surface area (Å²) in [6, 6.07) is 7.73. The van der Waals surface area contributed by atoms with E-state index in [0.29, 0.717) is 11.7 Å². The van der Waals surface area contributed by atoms with E-state index in [-0.39, 0.29) is 12.0 Å². The van der Waals surface area contributed by atoms with Crippen molar-refractivity contribution in [3.8, 4) is 17.0 Å². The van der Waals surface area contributed by atoms with Gasteiger partial charge in [0, 0.05) is 17.0 Å². The molecule has 0 saturated carbocycles. The molecule has 1 saturated heterocycles. The molecular formula is C16H18N2O3S. The number of rotatable bonds is 4. The maximum atomic E-state index is 12.1. The summed E-state index contributed by atoms with van der Waals surface area (Å²) in [4.78, 5) is 17.7. The standard InChI is InChI=1S/C16H18N2O3S/c1-10-14(11-5-7-12(20-2)8-6-11)17-16(22-10)18-15(19)13-4-3-9-21-13/h5-8,13H,3-4,9H2,1-2H3,(H,17,18,19). The van der Waals surface area contributed by atoms with Gasteiger partial charge >= 0.3 is 0 Å². The molecule has 1 aromatic carbocycles. The van der Waals surface area contributed by atoms with Gasteiger partial charge in [-0.15, -0.1) is 11.3 Å². The number of aromatic nitrogens is 1. The van der Waals surface area contributed by atoms with Gasteiger partial charge < -0.3 is 9.47 Å². The average Bonchev–Trinajstić information content (AvgIpc) is 3.17. The van der Waals surface area contributed by atoms with E-state index in [9.17, 15) is 4.79 Å². The van der Waals surface area contributed by atoms with Crippen molar-refractivity contribution >= 4 is 22.4 Å². The number of carbonyl (C=O) groups is 1. The number of hydrogen-bond acceptors (Lipinski definition) is 5. The van der Waals surface area contributed by atoms with Crippen LogP contribution in [-0.2, 0) is 9.53 Å². The molecular weight excluding hydrogens is 300 g/mol. The molecule has 1 fully saturated rings. The number of thiazole rings is 1. The second-order valence-electron chi connectivity index (χ2n) is 5.14. The Bertz CT molecular complexity index is 661. The molecule has 1 aliphatic heterocycles. The number of nitrogens with zero attached hydrogens (tertiary/aromatic N) is 1. The van der Waals surface area contributed by atoms with Gasteiger partial charge in [0.1, 0.15) is 11.9 Å². The molecule has 1 N–H and O–H groups in total. The predicted octanol–water partition coefficient (Wildman–Crippen LogP) is 3.24. The quantitative estimate of drug-likeness (QED) is 0.940. The molecule has 0 radical (unpaired) electrons. The maximum absolute atomic E-state index is 12.1. The summed E-state index contributed by atoms with van der Waals surface area (Å²) in [5, 5.41) is 3.47. The first-order valence-corrected chi connectivity index (χ1v) is 8.03. The van der Waals surface area contributed by atoms with Gasteiger partial charge in [0.05, 0.1) is 12.8 Å².